The Morgan fingerprint density at radius 1 is 1.35 bits per heavy atom. The van der Waals surface area contributed by atoms with Crippen LogP contribution in [0, 0.1) is 0 Å². The summed E-state index contributed by atoms with van der Waals surface area (Å²) < 4.78 is 1.82. The summed E-state index contributed by atoms with van der Waals surface area (Å²) in [5, 5.41) is 8.28. The predicted molar refractivity (Wildman–Crippen MR) is 68.1 cm³/mol. The highest BCUT2D eigenvalue weighted by Gasteiger charge is 2.02. The SMILES string of the molecule is CCc1cccc(-n2cc(CCCN)nn2)c1. The first-order valence-corrected chi connectivity index (χ1v) is 6.04. The van der Waals surface area contributed by atoms with E-state index in [2.05, 4.69) is 35.4 Å². The summed E-state index contributed by atoms with van der Waals surface area (Å²) in [6.07, 6.45) is 4.85. The van der Waals surface area contributed by atoms with Crippen LogP contribution in [0.1, 0.15) is 24.6 Å². The Morgan fingerprint density at radius 3 is 3.00 bits per heavy atom. The maximum Gasteiger partial charge on any atom is 0.0832 e. The Bertz CT molecular complexity index is 476. The molecule has 4 nitrogen and oxygen atoms in total. The van der Waals surface area contributed by atoms with Gasteiger partial charge < -0.3 is 5.73 Å². The van der Waals surface area contributed by atoms with Gasteiger partial charge in [0.15, 0.2) is 0 Å². The summed E-state index contributed by atoms with van der Waals surface area (Å²) in [5.41, 5.74) is 8.85. The van der Waals surface area contributed by atoms with Crippen molar-refractivity contribution >= 4 is 0 Å². The number of hydrogen-bond donors (Lipinski definition) is 1. The van der Waals surface area contributed by atoms with Gasteiger partial charge in [0.2, 0.25) is 0 Å². The Kier molecular flexibility index (Phi) is 3.88. The Hall–Kier alpha value is -1.68. The standard InChI is InChI=1S/C13H18N4/c1-2-11-5-3-7-13(9-11)17-10-12(15-16-17)6-4-8-14/h3,5,7,9-10H,2,4,6,8,14H2,1H3. The minimum absolute atomic E-state index is 0.693. The van der Waals surface area contributed by atoms with Crippen molar-refractivity contribution in [1.82, 2.24) is 15.0 Å². The van der Waals surface area contributed by atoms with Crippen molar-refractivity contribution in [3.8, 4) is 5.69 Å². The van der Waals surface area contributed by atoms with Gasteiger partial charge in [0.05, 0.1) is 17.6 Å². The zero-order valence-electron chi connectivity index (χ0n) is 10.1. The van der Waals surface area contributed by atoms with Crippen LogP contribution in [0.3, 0.4) is 0 Å². The fraction of sp³-hybridized carbons (Fsp3) is 0.385. The minimum atomic E-state index is 0.693. The second-order valence-corrected chi connectivity index (χ2v) is 4.07. The average Bonchev–Trinajstić information content (AvgIpc) is 2.85. The third-order valence-electron chi connectivity index (χ3n) is 2.76. The van der Waals surface area contributed by atoms with E-state index in [-0.39, 0.29) is 0 Å². The van der Waals surface area contributed by atoms with Crippen LogP contribution in [-0.2, 0) is 12.8 Å². The van der Waals surface area contributed by atoms with E-state index in [1.807, 2.05) is 16.9 Å². The molecule has 1 aromatic heterocycles. The zero-order valence-corrected chi connectivity index (χ0v) is 10.1. The summed E-state index contributed by atoms with van der Waals surface area (Å²) in [6.45, 7) is 2.84. The van der Waals surface area contributed by atoms with Crippen molar-refractivity contribution < 1.29 is 0 Å². The molecule has 2 rings (SSSR count). The second kappa shape index (κ2) is 5.59. The number of nitrogens with two attached hydrogens (primary N) is 1. The zero-order chi connectivity index (χ0) is 12.1. The van der Waals surface area contributed by atoms with Crippen molar-refractivity contribution in [3.63, 3.8) is 0 Å². The molecule has 0 saturated carbocycles. The lowest BCUT2D eigenvalue weighted by molar-refractivity contribution is 0.778. The summed E-state index contributed by atoms with van der Waals surface area (Å²) in [5.74, 6) is 0. The highest BCUT2D eigenvalue weighted by atomic mass is 15.4. The first-order valence-electron chi connectivity index (χ1n) is 6.04. The molecule has 1 heterocycles. The van der Waals surface area contributed by atoms with Crippen molar-refractivity contribution in [3.05, 3.63) is 41.7 Å². The third-order valence-corrected chi connectivity index (χ3v) is 2.76. The largest absolute Gasteiger partial charge is 0.330 e. The summed E-state index contributed by atoms with van der Waals surface area (Å²) in [6, 6.07) is 8.35. The second-order valence-electron chi connectivity index (χ2n) is 4.07. The molecule has 0 radical (unpaired) electrons. The van der Waals surface area contributed by atoms with Crippen molar-refractivity contribution in [2.45, 2.75) is 26.2 Å². The molecule has 0 amide bonds. The van der Waals surface area contributed by atoms with Crippen molar-refractivity contribution in [2.24, 2.45) is 5.73 Å². The van der Waals surface area contributed by atoms with Crippen LogP contribution in [0.2, 0.25) is 0 Å². The lowest BCUT2D eigenvalue weighted by atomic mass is 10.1. The lowest BCUT2D eigenvalue weighted by Gasteiger charge is -2.02. The third kappa shape index (κ3) is 2.91. The molecule has 1 aromatic carbocycles. The molecule has 4 heteroatoms. The minimum Gasteiger partial charge on any atom is -0.330 e. The summed E-state index contributed by atoms with van der Waals surface area (Å²) >= 11 is 0. The summed E-state index contributed by atoms with van der Waals surface area (Å²) in [7, 11) is 0. The van der Waals surface area contributed by atoms with E-state index in [4.69, 9.17) is 5.73 Å². The Balaban J connectivity index is 2.18. The molecule has 0 bridgehead atoms. The van der Waals surface area contributed by atoms with Gasteiger partial charge in [-0.2, -0.15) is 0 Å². The van der Waals surface area contributed by atoms with Crippen LogP contribution in [0.4, 0.5) is 0 Å². The van der Waals surface area contributed by atoms with E-state index in [1.165, 1.54) is 5.56 Å². The van der Waals surface area contributed by atoms with Crippen LogP contribution < -0.4 is 5.73 Å². The molecule has 0 fully saturated rings. The summed E-state index contributed by atoms with van der Waals surface area (Å²) in [4.78, 5) is 0. The molecule has 0 aliphatic heterocycles. The molecule has 90 valence electrons. The molecule has 2 N–H and O–H groups in total. The van der Waals surface area contributed by atoms with E-state index in [9.17, 15) is 0 Å². The van der Waals surface area contributed by atoms with Gasteiger partial charge in [-0.15, -0.1) is 5.10 Å². The van der Waals surface area contributed by atoms with E-state index in [0.717, 1.165) is 30.6 Å². The first kappa shape index (κ1) is 11.8. The van der Waals surface area contributed by atoms with E-state index in [1.54, 1.807) is 0 Å². The molecule has 0 unspecified atom stereocenters. The molecular formula is C13H18N4. The molecule has 17 heavy (non-hydrogen) atoms. The van der Waals surface area contributed by atoms with Crippen LogP contribution >= 0.6 is 0 Å². The highest BCUT2D eigenvalue weighted by molar-refractivity contribution is 5.35. The molecule has 0 saturated heterocycles. The number of rotatable bonds is 5. The number of aryl methyl sites for hydroxylation is 2. The average molecular weight is 230 g/mol. The monoisotopic (exact) mass is 230 g/mol. The van der Waals surface area contributed by atoms with Gasteiger partial charge in [-0.3, -0.25) is 0 Å². The smallest absolute Gasteiger partial charge is 0.0832 e. The molecule has 0 aliphatic carbocycles. The first-order chi connectivity index (χ1) is 8.33. The topological polar surface area (TPSA) is 56.7 Å². The Morgan fingerprint density at radius 2 is 2.24 bits per heavy atom. The molecule has 0 aliphatic rings. The van der Waals surface area contributed by atoms with Gasteiger partial charge in [0.25, 0.3) is 0 Å². The van der Waals surface area contributed by atoms with Gasteiger partial charge in [-0.25, -0.2) is 4.68 Å². The van der Waals surface area contributed by atoms with Crippen molar-refractivity contribution in [2.75, 3.05) is 6.54 Å². The number of nitrogens with zero attached hydrogens (tertiary/aromatic N) is 3. The molecule has 0 spiro atoms. The van der Waals surface area contributed by atoms with E-state index >= 15 is 0 Å². The fourth-order valence-electron chi connectivity index (χ4n) is 1.74. The van der Waals surface area contributed by atoms with Gasteiger partial charge in [-0.05, 0) is 43.5 Å². The number of hydrogen-bond acceptors (Lipinski definition) is 3. The van der Waals surface area contributed by atoms with Crippen LogP contribution in [0.25, 0.3) is 5.69 Å². The van der Waals surface area contributed by atoms with Gasteiger partial charge in [-0.1, -0.05) is 24.3 Å². The quantitative estimate of drug-likeness (QED) is 0.851. The van der Waals surface area contributed by atoms with Crippen LogP contribution in [0.5, 0.6) is 0 Å². The Labute approximate surface area is 101 Å². The number of aromatic nitrogens is 3. The highest BCUT2D eigenvalue weighted by Crippen LogP contribution is 2.10. The molecule has 0 atom stereocenters. The maximum atomic E-state index is 5.48. The van der Waals surface area contributed by atoms with Crippen LogP contribution in [0.15, 0.2) is 30.5 Å². The van der Waals surface area contributed by atoms with Crippen LogP contribution in [-0.4, -0.2) is 21.5 Å². The van der Waals surface area contributed by atoms with E-state index in [0.29, 0.717) is 6.54 Å². The van der Waals surface area contributed by atoms with E-state index < -0.39 is 0 Å². The number of benzene rings is 1. The lowest BCUT2D eigenvalue weighted by Crippen LogP contribution is -2.00. The maximum absolute atomic E-state index is 5.48. The fourth-order valence-corrected chi connectivity index (χ4v) is 1.74. The molecule has 2 aromatic rings. The van der Waals surface area contributed by atoms with Gasteiger partial charge in [0.1, 0.15) is 0 Å². The van der Waals surface area contributed by atoms with Gasteiger partial charge >= 0.3 is 0 Å². The van der Waals surface area contributed by atoms with Gasteiger partial charge in [0, 0.05) is 0 Å². The predicted octanol–water partition coefficient (Wildman–Crippen LogP) is 1.72. The normalized spacial score (nSPS) is 10.7. The molecular weight excluding hydrogens is 212 g/mol. The van der Waals surface area contributed by atoms with Crippen molar-refractivity contribution in [1.29, 1.82) is 0 Å².